The Labute approximate surface area is 166 Å². The summed E-state index contributed by atoms with van der Waals surface area (Å²) in [4.78, 5) is 14.5. The van der Waals surface area contributed by atoms with Gasteiger partial charge in [0.05, 0.1) is 0 Å². The maximum atomic E-state index is 12.8. The number of hydrogen-bond donors (Lipinski definition) is 1. The van der Waals surface area contributed by atoms with Gasteiger partial charge in [-0.05, 0) is 43.5 Å². The van der Waals surface area contributed by atoms with Gasteiger partial charge in [0.15, 0.2) is 0 Å². The number of carbonyl (C=O) groups excluding carboxylic acids is 1. The quantitative estimate of drug-likeness (QED) is 0.421. The first-order valence-electron chi connectivity index (χ1n) is 8.94. The lowest BCUT2D eigenvalue weighted by Gasteiger charge is -2.26. The zero-order valence-electron chi connectivity index (χ0n) is 15.7. The maximum Gasteiger partial charge on any atom is 0.266 e. The number of nitrogens with one attached hydrogen (secondary N) is 1. The minimum absolute atomic E-state index is 0.0106. The van der Waals surface area contributed by atoms with Gasteiger partial charge in [-0.15, -0.1) is 0 Å². The van der Waals surface area contributed by atoms with E-state index in [1.54, 1.807) is 4.90 Å². The summed E-state index contributed by atoms with van der Waals surface area (Å²) in [6.45, 7) is 5.00. The minimum atomic E-state index is -0.268. The van der Waals surface area contributed by atoms with Crippen LogP contribution in [0.5, 0.6) is 0 Å². The zero-order chi connectivity index (χ0) is 19.6. The molecule has 0 saturated carbocycles. The highest BCUT2D eigenvalue weighted by atomic mass is 35.5. The fraction of sp³-hybridized carbons (Fsp3) is 0.273. The summed E-state index contributed by atoms with van der Waals surface area (Å²) in [5.74, 6) is -0.268. The number of halogens is 1. The molecule has 0 saturated heterocycles. The Hall–Kier alpha value is -2.77. The Morgan fingerprint density at radius 1 is 1.15 bits per heavy atom. The van der Waals surface area contributed by atoms with Crippen molar-refractivity contribution in [3.63, 3.8) is 0 Å². The van der Waals surface area contributed by atoms with Gasteiger partial charge in [0.25, 0.3) is 5.91 Å². The van der Waals surface area contributed by atoms with E-state index in [9.17, 15) is 10.1 Å². The van der Waals surface area contributed by atoms with E-state index in [2.05, 4.69) is 5.32 Å². The van der Waals surface area contributed by atoms with Crippen LogP contribution in [-0.2, 0) is 17.8 Å². The van der Waals surface area contributed by atoms with Gasteiger partial charge in [-0.2, -0.15) is 5.26 Å². The van der Waals surface area contributed by atoms with Crippen LogP contribution in [0, 0.1) is 11.3 Å². The van der Waals surface area contributed by atoms with Crippen LogP contribution < -0.4 is 5.32 Å². The van der Waals surface area contributed by atoms with Gasteiger partial charge in [-0.3, -0.25) is 4.79 Å². The van der Waals surface area contributed by atoms with Gasteiger partial charge in [-0.25, -0.2) is 0 Å². The fourth-order valence-corrected chi connectivity index (χ4v) is 2.73. The molecule has 5 heteroatoms. The van der Waals surface area contributed by atoms with E-state index < -0.39 is 0 Å². The molecule has 0 fully saturated rings. The Morgan fingerprint density at radius 2 is 1.81 bits per heavy atom. The first kappa shape index (κ1) is 20.5. The summed E-state index contributed by atoms with van der Waals surface area (Å²) in [7, 11) is 0. The summed E-state index contributed by atoms with van der Waals surface area (Å²) in [5, 5.41) is 13.2. The molecule has 1 N–H and O–H groups in total. The van der Waals surface area contributed by atoms with Gasteiger partial charge in [0, 0.05) is 30.4 Å². The predicted octanol–water partition coefficient (Wildman–Crippen LogP) is 4.32. The van der Waals surface area contributed by atoms with Crippen molar-refractivity contribution in [3.05, 3.63) is 82.5 Å². The molecule has 0 bridgehead atoms. The third-order valence-electron chi connectivity index (χ3n) is 4.15. The second-order valence-corrected chi connectivity index (χ2v) is 6.95. The molecule has 0 heterocycles. The van der Waals surface area contributed by atoms with Crippen molar-refractivity contribution >= 4 is 17.5 Å². The number of nitrogens with zero attached hydrogens (tertiary/aromatic N) is 2. The number of rotatable bonds is 8. The molecule has 2 rings (SSSR count). The molecule has 0 aliphatic heterocycles. The summed E-state index contributed by atoms with van der Waals surface area (Å²) in [6.07, 6.45) is 2.29. The van der Waals surface area contributed by atoms with Gasteiger partial charge in [0.1, 0.15) is 11.6 Å². The second kappa shape index (κ2) is 10.4. The van der Waals surface area contributed by atoms with E-state index in [1.165, 1.54) is 6.20 Å². The number of carbonyl (C=O) groups is 1. The SMILES string of the molecule is CC(C)N(Cc1ccccc1)C(=O)/C(C#N)=C\NCCc1ccc(Cl)cc1. The lowest BCUT2D eigenvalue weighted by molar-refractivity contribution is -0.129. The first-order chi connectivity index (χ1) is 13.0. The Morgan fingerprint density at radius 3 is 2.41 bits per heavy atom. The van der Waals surface area contributed by atoms with Crippen molar-refractivity contribution in [2.75, 3.05) is 6.54 Å². The largest absolute Gasteiger partial charge is 0.389 e. The Kier molecular flexibility index (Phi) is 7.91. The third kappa shape index (κ3) is 6.47. The van der Waals surface area contributed by atoms with Crippen molar-refractivity contribution in [1.82, 2.24) is 10.2 Å². The summed E-state index contributed by atoms with van der Waals surface area (Å²) in [6, 6.07) is 19.4. The fourth-order valence-electron chi connectivity index (χ4n) is 2.61. The van der Waals surface area contributed by atoms with Crippen LogP contribution in [0.4, 0.5) is 0 Å². The van der Waals surface area contributed by atoms with E-state index >= 15 is 0 Å². The molecule has 0 aromatic heterocycles. The van der Waals surface area contributed by atoms with Crippen LogP contribution in [0.2, 0.25) is 5.02 Å². The summed E-state index contributed by atoms with van der Waals surface area (Å²) in [5.41, 5.74) is 2.28. The van der Waals surface area contributed by atoms with Crippen LogP contribution in [0.3, 0.4) is 0 Å². The highest BCUT2D eigenvalue weighted by molar-refractivity contribution is 6.30. The van der Waals surface area contributed by atoms with Crippen LogP contribution in [0.1, 0.15) is 25.0 Å². The Bertz CT molecular complexity index is 808. The molecule has 0 aliphatic rings. The number of nitriles is 1. The van der Waals surface area contributed by atoms with E-state index in [0.717, 1.165) is 17.5 Å². The van der Waals surface area contributed by atoms with Gasteiger partial charge in [-0.1, -0.05) is 54.1 Å². The molecular weight excluding hydrogens is 358 g/mol. The van der Waals surface area contributed by atoms with Crippen molar-refractivity contribution in [1.29, 1.82) is 5.26 Å². The third-order valence-corrected chi connectivity index (χ3v) is 4.40. The van der Waals surface area contributed by atoms with Crippen molar-refractivity contribution in [2.45, 2.75) is 32.9 Å². The summed E-state index contributed by atoms with van der Waals surface area (Å²) >= 11 is 5.88. The first-order valence-corrected chi connectivity index (χ1v) is 9.32. The molecule has 140 valence electrons. The highest BCUT2D eigenvalue weighted by Gasteiger charge is 2.21. The van der Waals surface area contributed by atoms with E-state index in [-0.39, 0.29) is 17.5 Å². The second-order valence-electron chi connectivity index (χ2n) is 6.51. The molecule has 2 aromatic rings. The lowest BCUT2D eigenvalue weighted by Crippen LogP contribution is -2.37. The average Bonchev–Trinajstić information content (AvgIpc) is 2.67. The molecule has 2 aromatic carbocycles. The summed E-state index contributed by atoms with van der Waals surface area (Å²) < 4.78 is 0. The number of benzene rings is 2. The smallest absolute Gasteiger partial charge is 0.266 e. The number of amides is 1. The number of hydrogen-bond acceptors (Lipinski definition) is 3. The molecule has 0 aliphatic carbocycles. The minimum Gasteiger partial charge on any atom is -0.389 e. The predicted molar refractivity (Wildman–Crippen MR) is 109 cm³/mol. The highest BCUT2D eigenvalue weighted by Crippen LogP contribution is 2.12. The van der Waals surface area contributed by atoms with Crippen molar-refractivity contribution < 1.29 is 4.79 Å². The molecule has 0 atom stereocenters. The average molecular weight is 382 g/mol. The van der Waals surface area contributed by atoms with E-state index in [0.29, 0.717) is 18.1 Å². The maximum absolute atomic E-state index is 12.8. The van der Waals surface area contributed by atoms with E-state index in [4.69, 9.17) is 11.6 Å². The molecular formula is C22H24ClN3O. The monoisotopic (exact) mass is 381 g/mol. The van der Waals surface area contributed by atoms with Gasteiger partial charge >= 0.3 is 0 Å². The van der Waals surface area contributed by atoms with Crippen LogP contribution in [-0.4, -0.2) is 23.4 Å². The van der Waals surface area contributed by atoms with Crippen LogP contribution in [0.15, 0.2) is 66.4 Å². The van der Waals surface area contributed by atoms with E-state index in [1.807, 2.05) is 74.5 Å². The zero-order valence-corrected chi connectivity index (χ0v) is 16.4. The van der Waals surface area contributed by atoms with Crippen molar-refractivity contribution in [2.24, 2.45) is 0 Å². The lowest BCUT2D eigenvalue weighted by atomic mass is 10.1. The molecule has 0 spiro atoms. The van der Waals surface area contributed by atoms with Gasteiger partial charge < -0.3 is 10.2 Å². The molecule has 0 radical (unpaired) electrons. The molecule has 4 nitrogen and oxygen atoms in total. The van der Waals surface area contributed by atoms with Crippen LogP contribution >= 0.6 is 11.6 Å². The molecule has 27 heavy (non-hydrogen) atoms. The van der Waals surface area contributed by atoms with Gasteiger partial charge in [0.2, 0.25) is 0 Å². The molecule has 0 unspecified atom stereocenters. The molecule has 1 amide bonds. The van der Waals surface area contributed by atoms with Crippen LogP contribution in [0.25, 0.3) is 0 Å². The van der Waals surface area contributed by atoms with Crippen molar-refractivity contribution in [3.8, 4) is 6.07 Å². The normalized spacial score (nSPS) is 11.1. The standard InChI is InChI=1S/C22H24ClN3O/c1-17(2)26(16-19-6-4-3-5-7-19)22(27)20(14-24)15-25-13-12-18-8-10-21(23)11-9-18/h3-11,15,17,25H,12-13,16H2,1-2H3/b20-15-. The Balaban J connectivity index is 1.98. The topological polar surface area (TPSA) is 56.1 Å².